The van der Waals surface area contributed by atoms with Crippen LogP contribution in [0.4, 0.5) is 13.2 Å². The third-order valence-corrected chi connectivity index (χ3v) is 10.6. The van der Waals surface area contributed by atoms with Gasteiger partial charge in [0.15, 0.2) is 5.69 Å². The molecule has 3 heterocycles. The van der Waals surface area contributed by atoms with E-state index in [1.165, 1.54) is 0 Å². The lowest BCUT2D eigenvalue weighted by atomic mass is 9.70. The molecule has 6 aromatic rings. The third-order valence-electron chi connectivity index (χ3n) is 8.39. The summed E-state index contributed by atoms with van der Waals surface area (Å²) in [5, 5.41) is 5.25. The molecule has 8 heteroatoms. The second-order valence-electron chi connectivity index (χ2n) is 10.9. The summed E-state index contributed by atoms with van der Waals surface area (Å²) < 4.78 is 47.6. The molecule has 0 saturated carbocycles. The second-order valence-corrected chi connectivity index (χ2v) is 13.1. The Morgan fingerprint density at radius 1 is 0.844 bits per heavy atom. The van der Waals surface area contributed by atoms with Crippen LogP contribution in [0.15, 0.2) is 138 Å². The van der Waals surface area contributed by atoms with E-state index in [2.05, 4.69) is 34.4 Å². The van der Waals surface area contributed by atoms with Crippen LogP contribution in [-0.2, 0) is 11.7 Å². The van der Waals surface area contributed by atoms with E-state index in [-0.39, 0.29) is 11.5 Å². The third kappa shape index (κ3) is 5.22. The van der Waals surface area contributed by atoms with Gasteiger partial charge in [0.25, 0.3) is 0 Å². The number of thioether (sulfide) groups is 1. The summed E-state index contributed by atoms with van der Waals surface area (Å²) in [6, 6.07) is 30.8. The van der Waals surface area contributed by atoms with Crippen LogP contribution in [-0.4, -0.2) is 21.0 Å². The Morgan fingerprint density at radius 3 is 2.20 bits per heavy atom. The second kappa shape index (κ2) is 11.8. The summed E-state index contributed by atoms with van der Waals surface area (Å²) in [7, 11) is 0. The number of nitrogens with zero attached hydrogens (tertiary/aromatic N) is 3. The summed E-state index contributed by atoms with van der Waals surface area (Å²) in [5.74, 6) is -0.196. The molecule has 0 saturated heterocycles. The van der Waals surface area contributed by atoms with Gasteiger partial charge in [0, 0.05) is 39.7 Å². The first-order chi connectivity index (χ1) is 21.9. The predicted molar refractivity (Wildman–Crippen MR) is 179 cm³/mol. The van der Waals surface area contributed by atoms with Gasteiger partial charge in [-0.15, -0.1) is 23.1 Å². The minimum atomic E-state index is -4.68. The first-order valence-corrected chi connectivity index (χ1v) is 16.6. The fraction of sp³-hybridized carbons (Fsp3) is 0.135. The van der Waals surface area contributed by atoms with E-state index >= 15 is 0 Å². The van der Waals surface area contributed by atoms with E-state index in [1.807, 2.05) is 91.2 Å². The maximum Gasteiger partial charge on any atom is 0.435 e. The first kappa shape index (κ1) is 29.3. The van der Waals surface area contributed by atoms with Crippen LogP contribution in [0, 0.1) is 5.92 Å². The molecule has 7 rings (SSSR count). The van der Waals surface area contributed by atoms with Crippen LogP contribution in [0.1, 0.15) is 23.2 Å². The molecule has 1 unspecified atom stereocenters. The Morgan fingerprint density at radius 2 is 1.58 bits per heavy atom. The average Bonchev–Trinajstić information content (AvgIpc) is 3.75. The molecular weight excluding hydrogens is 608 g/mol. The van der Waals surface area contributed by atoms with Crippen molar-refractivity contribution >= 4 is 34.0 Å². The number of halogens is 3. The smallest absolute Gasteiger partial charge is 0.256 e. The molecular formula is C37H28F3N3S2. The van der Waals surface area contributed by atoms with E-state index in [1.54, 1.807) is 52.3 Å². The van der Waals surface area contributed by atoms with Gasteiger partial charge < -0.3 is 0 Å². The molecule has 1 aliphatic rings. The number of benzene rings is 3. The van der Waals surface area contributed by atoms with Gasteiger partial charge in [-0.2, -0.15) is 18.3 Å². The molecule has 0 radical (unpaired) electrons. The van der Waals surface area contributed by atoms with Crippen LogP contribution in [0.5, 0.6) is 0 Å². The molecule has 224 valence electrons. The summed E-state index contributed by atoms with van der Waals surface area (Å²) in [4.78, 5) is 5.57. The fourth-order valence-electron chi connectivity index (χ4n) is 6.38. The van der Waals surface area contributed by atoms with Crippen LogP contribution in [0.25, 0.3) is 32.5 Å². The Bertz CT molecular complexity index is 1990. The largest absolute Gasteiger partial charge is 0.435 e. The molecule has 0 N–H and O–H groups in total. The zero-order valence-electron chi connectivity index (χ0n) is 24.3. The van der Waals surface area contributed by atoms with E-state index in [0.29, 0.717) is 12.0 Å². The molecule has 0 fully saturated rings. The highest BCUT2D eigenvalue weighted by molar-refractivity contribution is 8.00. The topological polar surface area (TPSA) is 30.7 Å². The lowest BCUT2D eigenvalue weighted by Crippen LogP contribution is -2.43. The molecule has 3 aromatic carbocycles. The zero-order valence-corrected chi connectivity index (χ0v) is 25.9. The first-order valence-electron chi connectivity index (χ1n) is 14.5. The molecule has 3 nitrogen and oxygen atoms in total. The van der Waals surface area contributed by atoms with Gasteiger partial charge in [-0.25, -0.2) is 0 Å². The van der Waals surface area contributed by atoms with Crippen LogP contribution in [0.2, 0.25) is 0 Å². The monoisotopic (exact) mass is 635 g/mol. The Labute approximate surface area is 267 Å². The van der Waals surface area contributed by atoms with Crippen molar-refractivity contribution in [2.45, 2.75) is 22.3 Å². The van der Waals surface area contributed by atoms with Crippen LogP contribution >= 0.6 is 23.1 Å². The average molecular weight is 636 g/mol. The number of fused-ring (bicyclic) bond motifs is 1. The van der Waals surface area contributed by atoms with Gasteiger partial charge in [0.1, 0.15) is 5.54 Å². The molecule has 45 heavy (non-hydrogen) atoms. The van der Waals surface area contributed by atoms with Gasteiger partial charge in [0.05, 0.1) is 9.73 Å². The number of allylic oxidation sites excluding steroid dienone is 4. The molecule has 0 aliphatic heterocycles. The Hall–Kier alpha value is -4.40. The van der Waals surface area contributed by atoms with Gasteiger partial charge in [-0.05, 0) is 59.7 Å². The number of hydrogen-bond donors (Lipinski definition) is 0. The van der Waals surface area contributed by atoms with Crippen molar-refractivity contribution in [1.29, 1.82) is 0 Å². The number of alkyl halides is 3. The molecule has 0 bridgehead atoms. The maximum atomic E-state index is 15.0. The summed E-state index contributed by atoms with van der Waals surface area (Å²) >= 11 is 3.32. The molecule has 1 aliphatic carbocycles. The number of hydrogen-bond acceptors (Lipinski definition) is 4. The van der Waals surface area contributed by atoms with E-state index in [4.69, 9.17) is 0 Å². The zero-order chi connectivity index (χ0) is 31.0. The number of thiophene rings is 1. The standard InChI is InChI=1S/C37H28F3N3S2/c1-44-34-20-19-33(45-34)29-21-22-41-32-18-17-25(23-30(29)32)31-24-43(42-35(31)37(38,39)40)36(26-11-5-2-6-12-26,27-13-7-3-8-14-27)28-15-9-4-10-16-28/h2-15,17-24,28H,16H2,1H3. The number of aromatic nitrogens is 3. The minimum Gasteiger partial charge on any atom is -0.256 e. The minimum absolute atomic E-state index is 0.0294. The quantitative estimate of drug-likeness (QED) is 0.164. The van der Waals surface area contributed by atoms with Crippen LogP contribution < -0.4 is 0 Å². The van der Waals surface area contributed by atoms with E-state index in [9.17, 15) is 13.2 Å². The maximum absolute atomic E-state index is 15.0. The van der Waals surface area contributed by atoms with Crippen molar-refractivity contribution in [2.75, 3.05) is 6.26 Å². The summed E-state index contributed by atoms with van der Waals surface area (Å²) in [5.41, 5.74) is 1.88. The normalized spacial score (nSPS) is 15.2. The SMILES string of the molecule is CSc1ccc(-c2ccnc3ccc(-c4cn(C(c5ccccc5)(c5ccccc5)C5C=CC=CC5)nc4C(F)(F)F)cc23)s1. The van der Waals surface area contributed by atoms with Crippen molar-refractivity contribution in [3.63, 3.8) is 0 Å². The van der Waals surface area contributed by atoms with Crippen LogP contribution in [0.3, 0.4) is 0 Å². The number of pyridine rings is 1. The fourth-order valence-corrected chi connectivity index (χ4v) is 7.97. The van der Waals surface area contributed by atoms with Crippen molar-refractivity contribution in [1.82, 2.24) is 14.8 Å². The summed E-state index contributed by atoms with van der Waals surface area (Å²) in [6.07, 6.45) is 9.39. The number of rotatable bonds is 7. The van der Waals surface area contributed by atoms with Crippen molar-refractivity contribution in [2.24, 2.45) is 5.92 Å². The van der Waals surface area contributed by atoms with Gasteiger partial charge in [-0.3, -0.25) is 9.67 Å². The van der Waals surface area contributed by atoms with E-state index in [0.717, 1.165) is 36.7 Å². The van der Waals surface area contributed by atoms with Gasteiger partial charge >= 0.3 is 6.18 Å². The molecule has 0 amide bonds. The van der Waals surface area contributed by atoms with E-state index < -0.39 is 17.4 Å². The van der Waals surface area contributed by atoms with Gasteiger partial charge in [-0.1, -0.05) is 91.0 Å². The van der Waals surface area contributed by atoms with Gasteiger partial charge in [0.2, 0.25) is 0 Å². The highest BCUT2D eigenvalue weighted by Crippen LogP contribution is 2.47. The van der Waals surface area contributed by atoms with Crippen molar-refractivity contribution in [3.05, 3.63) is 151 Å². The predicted octanol–water partition coefficient (Wildman–Crippen LogP) is 10.5. The molecule has 1 atom stereocenters. The van der Waals surface area contributed by atoms with Crippen molar-refractivity contribution < 1.29 is 13.2 Å². The molecule has 0 spiro atoms. The Balaban J connectivity index is 1.49. The highest BCUT2D eigenvalue weighted by atomic mass is 32.2. The lowest BCUT2D eigenvalue weighted by Gasteiger charge is -2.41. The highest BCUT2D eigenvalue weighted by Gasteiger charge is 2.46. The lowest BCUT2D eigenvalue weighted by molar-refractivity contribution is -0.141. The summed E-state index contributed by atoms with van der Waals surface area (Å²) in [6.45, 7) is 0. The Kier molecular flexibility index (Phi) is 7.71. The van der Waals surface area contributed by atoms with Crippen molar-refractivity contribution in [3.8, 4) is 21.6 Å². The molecule has 3 aromatic heterocycles.